The Labute approximate surface area is 122 Å². The Morgan fingerprint density at radius 3 is 2.55 bits per heavy atom. The van der Waals surface area contributed by atoms with Gasteiger partial charge in [-0.3, -0.25) is 0 Å². The van der Waals surface area contributed by atoms with E-state index in [2.05, 4.69) is 4.99 Å². The quantitative estimate of drug-likeness (QED) is 0.619. The third kappa shape index (κ3) is 2.00. The second-order valence-corrected chi connectivity index (χ2v) is 5.74. The molecule has 0 unspecified atom stereocenters. The summed E-state index contributed by atoms with van der Waals surface area (Å²) in [5.41, 5.74) is 1.43. The Balaban J connectivity index is 2.18. The van der Waals surface area contributed by atoms with Crippen LogP contribution in [0.15, 0.2) is 11.1 Å². The van der Waals surface area contributed by atoms with Crippen LogP contribution in [-0.2, 0) is 10.3 Å². The highest BCUT2D eigenvalue weighted by atomic mass is 35.5. The van der Waals surface area contributed by atoms with Crippen molar-refractivity contribution in [2.45, 2.75) is 38.1 Å². The number of hydrogen-bond acceptors (Lipinski definition) is 4. The highest BCUT2D eigenvalue weighted by Crippen LogP contribution is 2.50. The van der Waals surface area contributed by atoms with Gasteiger partial charge in [0.2, 0.25) is 6.08 Å². The van der Waals surface area contributed by atoms with Crippen molar-refractivity contribution in [3.8, 4) is 11.5 Å². The highest BCUT2D eigenvalue weighted by Gasteiger charge is 2.39. The Kier molecular flexibility index (Phi) is 3.45. The van der Waals surface area contributed by atoms with Gasteiger partial charge in [0.15, 0.2) is 11.5 Å². The summed E-state index contributed by atoms with van der Waals surface area (Å²) >= 11 is 6.31. The Morgan fingerprint density at radius 2 is 1.90 bits per heavy atom. The molecule has 1 aliphatic carbocycles. The van der Waals surface area contributed by atoms with Crippen LogP contribution in [0.5, 0.6) is 11.5 Å². The van der Waals surface area contributed by atoms with Gasteiger partial charge in [0, 0.05) is 5.56 Å². The van der Waals surface area contributed by atoms with E-state index in [1.807, 2.05) is 13.0 Å². The van der Waals surface area contributed by atoms with Gasteiger partial charge < -0.3 is 9.47 Å². The number of fused-ring (bicyclic) bond motifs is 1. The van der Waals surface area contributed by atoms with E-state index < -0.39 is 5.54 Å². The topological polar surface area (TPSA) is 47.9 Å². The minimum Gasteiger partial charge on any atom is -0.486 e. The summed E-state index contributed by atoms with van der Waals surface area (Å²) in [6.07, 6.45) is 5.53. The molecule has 20 heavy (non-hydrogen) atoms. The molecule has 0 aromatic heterocycles. The Hall–Kier alpha value is -1.51. The zero-order valence-electron chi connectivity index (χ0n) is 11.4. The van der Waals surface area contributed by atoms with Gasteiger partial charge in [-0.2, -0.15) is 4.99 Å². The zero-order chi connectivity index (χ0) is 14.2. The zero-order valence-corrected chi connectivity index (χ0v) is 12.1. The molecule has 0 N–H and O–H groups in total. The van der Waals surface area contributed by atoms with Crippen molar-refractivity contribution in [2.75, 3.05) is 13.2 Å². The standard InChI is InChI=1S/C15H16ClNO3/c1-10-11(15(17-9-18)4-2-3-5-15)8-12(16)14-13(10)19-6-7-20-14/h8H,2-7H2,1H3. The van der Waals surface area contributed by atoms with Crippen LogP contribution in [-0.4, -0.2) is 19.3 Å². The van der Waals surface area contributed by atoms with Gasteiger partial charge in [-0.1, -0.05) is 24.4 Å². The van der Waals surface area contributed by atoms with Gasteiger partial charge in [-0.05, 0) is 31.4 Å². The van der Waals surface area contributed by atoms with Crippen molar-refractivity contribution >= 4 is 17.7 Å². The number of hydrogen-bond donors (Lipinski definition) is 0. The molecule has 3 rings (SSSR count). The van der Waals surface area contributed by atoms with Crippen LogP contribution in [0.25, 0.3) is 0 Å². The number of isocyanates is 1. The lowest BCUT2D eigenvalue weighted by Gasteiger charge is -2.29. The molecular formula is C15H16ClNO3. The van der Waals surface area contributed by atoms with E-state index in [0.717, 1.165) is 36.8 Å². The van der Waals surface area contributed by atoms with Crippen molar-refractivity contribution in [2.24, 2.45) is 4.99 Å². The molecule has 1 aromatic carbocycles. The number of nitrogens with zero attached hydrogens (tertiary/aromatic N) is 1. The lowest BCUT2D eigenvalue weighted by atomic mass is 9.85. The molecule has 1 aromatic rings. The van der Waals surface area contributed by atoms with E-state index >= 15 is 0 Å². The van der Waals surface area contributed by atoms with Crippen molar-refractivity contribution in [3.05, 3.63) is 22.2 Å². The van der Waals surface area contributed by atoms with Gasteiger partial charge in [0.1, 0.15) is 13.2 Å². The summed E-state index contributed by atoms with van der Waals surface area (Å²) in [6.45, 7) is 2.99. The first kappa shape index (κ1) is 13.5. The SMILES string of the molecule is Cc1c(C2(N=C=O)CCCC2)cc(Cl)c2c1OCCO2. The summed E-state index contributed by atoms with van der Waals surface area (Å²) in [5, 5.41) is 0.521. The van der Waals surface area contributed by atoms with Crippen LogP contribution in [0.1, 0.15) is 36.8 Å². The third-order valence-electron chi connectivity index (χ3n) is 4.21. The van der Waals surface area contributed by atoms with E-state index in [0.29, 0.717) is 29.7 Å². The van der Waals surface area contributed by atoms with Gasteiger partial charge in [-0.25, -0.2) is 4.79 Å². The van der Waals surface area contributed by atoms with Gasteiger partial charge in [-0.15, -0.1) is 0 Å². The molecule has 1 fully saturated rings. The summed E-state index contributed by atoms with van der Waals surface area (Å²) in [7, 11) is 0. The largest absolute Gasteiger partial charge is 0.486 e. The number of benzene rings is 1. The maximum absolute atomic E-state index is 10.8. The van der Waals surface area contributed by atoms with E-state index in [1.165, 1.54) is 0 Å². The highest BCUT2D eigenvalue weighted by molar-refractivity contribution is 6.32. The molecule has 2 aliphatic rings. The molecule has 1 saturated carbocycles. The predicted molar refractivity (Wildman–Crippen MR) is 75.4 cm³/mol. The second kappa shape index (κ2) is 5.12. The molecule has 0 spiro atoms. The smallest absolute Gasteiger partial charge is 0.235 e. The van der Waals surface area contributed by atoms with E-state index in [4.69, 9.17) is 21.1 Å². The van der Waals surface area contributed by atoms with Crippen LogP contribution in [0.3, 0.4) is 0 Å². The molecule has 0 atom stereocenters. The number of ether oxygens (including phenoxy) is 2. The fraction of sp³-hybridized carbons (Fsp3) is 0.533. The molecule has 5 heteroatoms. The lowest BCUT2D eigenvalue weighted by molar-refractivity contribution is 0.170. The van der Waals surface area contributed by atoms with Crippen molar-refractivity contribution in [3.63, 3.8) is 0 Å². The molecule has 4 nitrogen and oxygen atoms in total. The number of rotatable bonds is 2. The van der Waals surface area contributed by atoms with E-state index in [9.17, 15) is 4.79 Å². The minimum atomic E-state index is -0.495. The molecule has 0 amide bonds. The molecule has 1 aliphatic heterocycles. The third-order valence-corrected chi connectivity index (χ3v) is 4.49. The second-order valence-electron chi connectivity index (χ2n) is 5.33. The average Bonchev–Trinajstić information content (AvgIpc) is 2.93. The summed E-state index contributed by atoms with van der Waals surface area (Å²) in [4.78, 5) is 15.0. The number of halogens is 1. The summed E-state index contributed by atoms with van der Waals surface area (Å²) < 4.78 is 11.3. The first-order valence-corrected chi connectivity index (χ1v) is 7.24. The maximum Gasteiger partial charge on any atom is 0.235 e. The predicted octanol–water partition coefficient (Wildman–Crippen LogP) is 3.52. The van der Waals surface area contributed by atoms with Gasteiger partial charge in [0.25, 0.3) is 0 Å². The van der Waals surface area contributed by atoms with E-state index in [1.54, 1.807) is 6.08 Å². The normalized spacial score (nSPS) is 19.5. The van der Waals surface area contributed by atoms with Crippen LogP contribution in [0.4, 0.5) is 0 Å². The Morgan fingerprint density at radius 1 is 1.25 bits per heavy atom. The fourth-order valence-electron chi connectivity index (χ4n) is 3.27. The van der Waals surface area contributed by atoms with Crippen LogP contribution in [0, 0.1) is 6.92 Å². The van der Waals surface area contributed by atoms with Crippen molar-refractivity contribution < 1.29 is 14.3 Å². The molecule has 1 heterocycles. The van der Waals surface area contributed by atoms with Crippen molar-refractivity contribution in [1.29, 1.82) is 0 Å². The minimum absolute atomic E-state index is 0.495. The maximum atomic E-state index is 10.8. The number of aliphatic imine (C=N–C) groups is 1. The molecule has 0 radical (unpaired) electrons. The van der Waals surface area contributed by atoms with Gasteiger partial charge >= 0.3 is 0 Å². The van der Waals surface area contributed by atoms with E-state index in [-0.39, 0.29) is 0 Å². The fourth-order valence-corrected chi connectivity index (χ4v) is 3.52. The van der Waals surface area contributed by atoms with Gasteiger partial charge in [0.05, 0.1) is 10.6 Å². The molecular weight excluding hydrogens is 278 g/mol. The summed E-state index contributed by atoms with van der Waals surface area (Å²) in [5.74, 6) is 1.29. The first-order valence-electron chi connectivity index (χ1n) is 6.86. The lowest BCUT2D eigenvalue weighted by Crippen LogP contribution is -2.23. The Bertz CT molecular complexity index is 587. The monoisotopic (exact) mass is 293 g/mol. The van der Waals surface area contributed by atoms with Crippen LogP contribution in [0.2, 0.25) is 5.02 Å². The first-order chi connectivity index (χ1) is 9.68. The van der Waals surface area contributed by atoms with Crippen LogP contribution >= 0.6 is 11.6 Å². The average molecular weight is 294 g/mol. The summed E-state index contributed by atoms with van der Waals surface area (Å²) in [6, 6.07) is 1.87. The molecule has 0 saturated heterocycles. The van der Waals surface area contributed by atoms with Crippen LogP contribution < -0.4 is 9.47 Å². The van der Waals surface area contributed by atoms with Crippen molar-refractivity contribution in [1.82, 2.24) is 0 Å². The molecule has 106 valence electrons. The number of carbonyl (C=O) groups excluding carboxylic acids is 1. The molecule has 0 bridgehead atoms.